The predicted molar refractivity (Wildman–Crippen MR) is 120 cm³/mol. The maximum absolute atomic E-state index is 13.2. The van der Waals surface area contributed by atoms with Crippen LogP contribution < -0.4 is 10.1 Å². The summed E-state index contributed by atoms with van der Waals surface area (Å²) in [7, 11) is -2.19. The van der Waals surface area contributed by atoms with E-state index in [9.17, 15) is 13.2 Å². The number of benzene rings is 2. The number of carbonyl (C=O) groups is 1. The number of furan rings is 1. The monoisotopic (exact) mass is 458 g/mol. The van der Waals surface area contributed by atoms with E-state index in [1.54, 1.807) is 32.2 Å². The SMILES string of the molecule is CCOc1ccc(NC(=O)c2oc3ccccc3c2COC)cc1S(=O)(=O)N1CCCC1. The molecule has 1 aromatic heterocycles. The Labute approximate surface area is 187 Å². The van der Waals surface area contributed by atoms with Gasteiger partial charge in [-0.3, -0.25) is 4.79 Å². The zero-order valence-electron chi connectivity index (χ0n) is 18.1. The molecule has 0 atom stereocenters. The Morgan fingerprint density at radius 2 is 1.91 bits per heavy atom. The van der Waals surface area contributed by atoms with Crippen LogP contribution in [0.3, 0.4) is 0 Å². The minimum Gasteiger partial charge on any atom is -0.492 e. The number of para-hydroxylation sites is 1. The van der Waals surface area contributed by atoms with Crippen LogP contribution in [0.2, 0.25) is 0 Å². The van der Waals surface area contributed by atoms with Gasteiger partial charge in [-0.1, -0.05) is 18.2 Å². The average molecular weight is 459 g/mol. The first kappa shape index (κ1) is 22.3. The smallest absolute Gasteiger partial charge is 0.291 e. The van der Waals surface area contributed by atoms with Gasteiger partial charge in [-0.2, -0.15) is 4.31 Å². The number of anilines is 1. The second kappa shape index (κ2) is 9.32. The van der Waals surface area contributed by atoms with Crippen LogP contribution in [0.25, 0.3) is 11.0 Å². The van der Waals surface area contributed by atoms with Crippen LogP contribution in [0.5, 0.6) is 5.75 Å². The van der Waals surface area contributed by atoms with Gasteiger partial charge in [-0.05, 0) is 44.0 Å². The molecule has 1 fully saturated rings. The van der Waals surface area contributed by atoms with Crippen molar-refractivity contribution in [2.24, 2.45) is 0 Å². The van der Waals surface area contributed by atoms with Crippen LogP contribution in [0, 0.1) is 0 Å². The van der Waals surface area contributed by atoms with E-state index in [0.717, 1.165) is 18.2 Å². The first-order valence-electron chi connectivity index (χ1n) is 10.5. The number of hydrogen-bond acceptors (Lipinski definition) is 6. The number of methoxy groups -OCH3 is 1. The summed E-state index contributed by atoms with van der Waals surface area (Å²) in [6.45, 7) is 3.28. The van der Waals surface area contributed by atoms with Crippen molar-refractivity contribution < 1.29 is 27.1 Å². The Bertz CT molecular complexity index is 1230. The molecule has 32 heavy (non-hydrogen) atoms. The number of carbonyl (C=O) groups excluding carboxylic acids is 1. The van der Waals surface area contributed by atoms with E-state index in [1.807, 2.05) is 18.2 Å². The molecule has 2 heterocycles. The van der Waals surface area contributed by atoms with Gasteiger partial charge in [0.05, 0.1) is 13.2 Å². The summed E-state index contributed by atoms with van der Waals surface area (Å²) in [6, 6.07) is 12.0. The van der Waals surface area contributed by atoms with Gasteiger partial charge < -0.3 is 19.2 Å². The van der Waals surface area contributed by atoms with Crippen molar-refractivity contribution in [2.45, 2.75) is 31.3 Å². The molecule has 8 nitrogen and oxygen atoms in total. The normalized spacial score (nSPS) is 14.7. The number of amides is 1. The zero-order chi connectivity index (χ0) is 22.7. The first-order valence-corrected chi connectivity index (χ1v) is 12.0. The molecule has 1 aliphatic rings. The first-order chi connectivity index (χ1) is 15.5. The van der Waals surface area contributed by atoms with Gasteiger partial charge in [0.1, 0.15) is 16.2 Å². The van der Waals surface area contributed by atoms with Gasteiger partial charge in [0, 0.05) is 36.8 Å². The van der Waals surface area contributed by atoms with Gasteiger partial charge in [-0.15, -0.1) is 0 Å². The molecule has 0 aliphatic carbocycles. The number of nitrogens with zero attached hydrogens (tertiary/aromatic N) is 1. The fourth-order valence-electron chi connectivity index (χ4n) is 3.89. The summed E-state index contributed by atoms with van der Waals surface area (Å²) < 4.78 is 44.4. The number of fused-ring (bicyclic) bond motifs is 1. The molecule has 0 saturated carbocycles. The van der Waals surface area contributed by atoms with Gasteiger partial charge in [0.25, 0.3) is 5.91 Å². The third-order valence-corrected chi connectivity index (χ3v) is 7.30. The molecule has 0 bridgehead atoms. The van der Waals surface area contributed by atoms with E-state index in [0.29, 0.717) is 36.5 Å². The second-order valence-corrected chi connectivity index (χ2v) is 9.41. The summed E-state index contributed by atoms with van der Waals surface area (Å²) in [5.74, 6) is -0.0889. The van der Waals surface area contributed by atoms with Crippen LogP contribution in [0.1, 0.15) is 35.9 Å². The minimum atomic E-state index is -3.74. The molecule has 0 unspecified atom stereocenters. The van der Waals surface area contributed by atoms with E-state index in [4.69, 9.17) is 13.9 Å². The number of ether oxygens (including phenoxy) is 2. The van der Waals surface area contributed by atoms with Crippen molar-refractivity contribution in [1.82, 2.24) is 4.31 Å². The molecular weight excluding hydrogens is 432 g/mol. The fourth-order valence-corrected chi connectivity index (χ4v) is 5.56. The second-order valence-electron chi connectivity index (χ2n) is 7.50. The van der Waals surface area contributed by atoms with Crippen molar-refractivity contribution in [3.05, 3.63) is 53.8 Å². The molecular formula is C23H26N2O6S. The van der Waals surface area contributed by atoms with Gasteiger partial charge in [0.2, 0.25) is 10.0 Å². The molecule has 3 aromatic rings. The van der Waals surface area contributed by atoms with Gasteiger partial charge in [0.15, 0.2) is 5.76 Å². The molecule has 0 radical (unpaired) electrons. The van der Waals surface area contributed by atoms with E-state index in [1.165, 1.54) is 10.4 Å². The highest BCUT2D eigenvalue weighted by Crippen LogP contribution is 2.32. The van der Waals surface area contributed by atoms with E-state index in [2.05, 4.69) is 5.32 Å². The molecule has 4 rings (SSSR count). The summed E-state index contributed by atoms with van der Waals surface area (Å²) in [5.41, 5.74) is 1.55. The highest BCUT2D eigenvalue weighted by Gasteiger charge is 2.30. The van der Waals surface area contributed by atoms with Crippen LogP contribution in [-0.2, 0) is 21.4 Å². The molecule has 1 amide bonds. The topological polar surface area (TPSA) is 98.1 Å². The number of sulfonamides is 1. The highest BCUT2D eigenvalue weighted by molar-refractivity contribution is 7.89. The molecule has 1 aliphatic heterocycles. The Morgan fingerprint density at radius 3 is 2.62 bits per heavy atom. The molecule has 9 heteroatoms. The third-order valence-electron chi connectivity index (χ3n) is 5.38. The van der Waals surface area contributed by atoms with Gasteiger partial charge in [-0.25, -0.2) is 8.42 Å². The van der Waals surface area contributed by atoms with E-state index in [-0.39, 0.29) is 23.0 Å². The standard InChI is InChI=1S/C23H26N2O6S/c1-3-30-20-11-10-16(14-21(20)32(27,28)25-12-6-7-13-25)24-23(26)22-18(15-29-2)17-8-4-5-9-19(17)31-22/h4-5,8-11,14H,3,6-7,12-13,15H2,1-2H3,(H,24,26). The number of hydrogen-bond donors (Lipinski definition) is 1. The zero-order valence-corrected chi connectivity index (χ0v) is 18.9. The summed E-state index contributed by atoms with van der Waals surface area (Å²) in [4.78, 5) is 13.1. The largest absolute Gasteiger partial charge is 0.492 e. The molecule has 1 N–H and O–H groups in total. The van der Waals surface area contributed by atoms with E-state index < -0.39 is 15.9 Å². The van der Waals surface area contributed by atoms with E-state index >= 15 is 0 Å². The maximum Gasteiger partial charge on any atom is 0.291 e. The van der Waals surface area contributed by atoms with Crippen LogP contribution in [-0.4, -0.2) is 45.4 Å². The molecule has 0 spiro atoms. The third kappa shape index (κ3) is 4.23. The van der Waals surface area contributed by atoms with Crippen molar-refractivity contribution in [1.29, 1.82) is 0 Å². The lowest BCUT2D eigenvalue weighted by Gasteiger charge is -2.19. The predicted octanol–water partition coefficient (Wildman–Crippen LogP) is 4.01. The Balaban J connectivity index is 1.68. The summed E-state index contributed by atoms with van der Waals surface area (Å²) >= 11 is 0. The van der Waals surface area contributed by atoms with Crippen molar-refractivity contribution >= 4 is 32.6 Å². The molecule has 2 aromatic carbocycles. The fraction of sp³-hybridized carbons (Fsp3) is 0.348. The Kier molecular flexibility index (Phi) is 6.50. The van der Waals surface area contributed by atoms with Crippen LogP contribution in [0.4, 0.5) is 5.69 Å². The average Bonchev–Trinajstić information content (AvgIpc) is 3.44. The van der Waals surface area contributed by atoms with Crippen molar-refractivity contribution in [3.63, 3.8) is 0 Å². The minimum absolute atomic E-state index is 0.0424. The lowest BCUT2D eigenvalue weighted by atomic mass is 10.1. The summed E-state index contributed by atoms with van der Waals surface area (Å²) in [5, 5.41) is 3.56. The lowest BCUT2D eigenvalue weighted by Crippen LogP contribution is -2.28. The van der Waals surface area contributed by atoms with Crippen LogP contribution in [0.15, 0.2) is 51.8 Å². The van der Waals surface area contributed by atoms with Gasteiger partial charge >= 0.3 is 0 Å². The Hall–Kier alpha value is -2.88. The lowest BCUT2D eigenvalue weighted by molar-refractivity contribution is 0.0992. The van der Waals surface area contributed by atoms with Crippen LogP contribution >= 0.6 is 0 Å². The van der Waals surface area contributed by atoms with Crippen molar-refractivity contribution in [3.8, 4) is 5.75 Å². The maximum atomic E-state index is 13.2. The quantitative estimate of drug-likeness (QED) is 0.548. The Morgan fingerprint density at radius 1 is 1.16 bits per heavy atom. The molecule has 1 saturated heterocycles. The summed E-state index contributed by atoms with van der Waals surface area (Å²) in [6.07, 6.45) is 1.65. The highest BCUT2D eigenvalue weighted by atomic mass is 32.2. The number of nitrogens with one attached hydrogen (secondary N) is 1. The number of rotatable bonds is 8. The van der Waals surface area contributed by atoms with Crippen molar-refractivity contribution in [2.75, 3.05) is 32.1 Å². The molecule has 170 valence electrons.